The van der Waals surface area contributed by atoms with Gasteiger partial charge in [0.1, 0.15) is 5.69 Å². The van der Waals surface area contributed by atoms with Gasteiger partial charge in [-0.1, -0.05) is 35.0 Å². The Labute approximate surface area is 128 Å². The number of rotatable bonds is 5. The zero-order valence-corrected chi connectivity index (χ0v) is 12.5. The number of nitrogens with two attached hydrogens (primary N) is 1. The smallest absolute Gasteiger partial charge is 0.189 e. The van der Waals surface area contributed by atoms with E-state index in [1.807, 2.05) is 43.4 Å². The highest BCUT2D eigenvalue weighted by Crippen LogP contribution is 2.14. The number of hydrogen-bond acceptors (Lipinski definition) is 4. The van der Waals surface area contributed by atoms with Gasteiger partial charge in [0, 0.05) is 24.3 Å². The molecule has 0 atom stereocenters. The highest BCUT2D eigenvalue weighted by molar-refractivity contribution is 6.30. The van der Waals surface area contributed by atoms with E-state index in [2.05, 4.69) is 15.0 Å². The first-order valence-corrected chi connectivity index (χ1v) is 6.82. The summed E-state index contributed by atoms with van der Waals surface area (Å²) in [6.45, 7) is 1.37. The topological polar surface area (TPSA) is 74.7 Å². The summed E-state index contributed by atoms with van der Waals surface area (Å²) in [5.41, 5.74) is 8.17. The Balaban J connectivity index is 2.11. The number of hydrogen-bond donors (Lipinski definition) is 2. The van der Waals surface area contributed by atoms with Crippen molar-refractivity contribution >= 4 is 17.4 Å². The number of oxime groups is 1. The fourth-order valence-electron chi connectivity index (χ4n) is 2.14. The van der Waals surface area contributed by atoms with Gasteiger partial charge in [-0.05, 0) is 36.4 Å². The van der Waals surface area contributed by atoms with Crippen LogP contribution in [-0.4, -0.2) is 28.0 Å². The summed E-state index contributed by atoms with van der Waals surface area (Å²) in [5, 5.41) is 12.5. The normalized spacial score (nSPS) is 11.9. The number of pyridine rings is 1. The van der Waals surface area contributed by atoms with Gasteiger partial charge in [-0.3, -0.25) is 9.88 Å². The molecule has 3 N–H and O–H groups in total. The average Bonchev–Trinajstić information content (AvgIpc) is 2.47. The van der Waals surface area contributed by atoms with Crippen molar-refractivity contribution in [2.45, 2.75) is 13.1 Å². The van der Waals surface area contributed by atoms with Crippen LogP contribution in [0.4, 0.5) is 0 Å². The molecular formula is C15H17ClN4O. The first-order chi connectivity index (χ1) is 10.1. The number of benzene rings is 1. The molecule has 2 aromatic rings. The molecule has 0 amide bonds. The fraction of sp³-hybridized carbons (Fsp3) is 0.200. The van der Waals surface area contributed by atoms with Crippen LogP contribution in [0.25, 0.3) is 0 Å². The zero-order chi connectivity index (χ0) is 15.2. The molecular weight excluding hydrogens is 288 g/mol. The molecule has 0 aliphatic carbocycles. The monoisotopic (exact) mass is 304 g/mol. The molecule has 0 aliphatic heterocycles. The van der Waals surface area contributed by atoms with Crippen molar-refractivity contribution in [3.63, 3.8) is 0 Å². The minimum atomic E-state index is 0.0155. The van der Waals surface area contributed by atoms with Crippen molar-refractivity contribution in [2.75, 3.05) is 7.05 Å². The summed E-state index contributed by atoms with van der Waals surface area (Å²) in [4.78, 5) is 6.27. The van der Waals surface area contributed by atoms with Gasteiger partial charge in [-0.15, -0.1) is 0 Å². The van der Waals surface area contributed by atoms with Crippen LogP contribution in [0.1, 0.15) is 16.8 Å². The third-order valence-corrected chi connectivity index (χ3v) is 3.26. The van der Waals surface area contributed by atoms with Crippen LogP contribution in [0.3, 0.4) is 0 Å². The molecule has 0 bridgehead atoms. The van der Waals surface area contributed by atoms with Crippen LogP contribution < -0.4 is 5.73 Å². The second kappa shape index (κ2) is 7.06. The molecule has 0 fully saturated rings. The van der Waals surface area contributed by atoms with E-state index in [0.717, 1.165) is 22.7 Å². The summed E-state index contributed by atoms with van der Waals surface area (Å²) >= 11 is 5.99. The van der Waals surface area contributed by atoms with Crippen LogP contribution >= 0.6 is 11.6 Å². The molecule has 0 aliphatic rings. The maximum Gasteiger partial charge on any atom is 0.189 e. The molecule has 1 aromatic heterocycles. The Kier molecular flexibility index (Phi) is 5.14. The van der Waals surface area contributed by atoms with Crippen LogP contribution in [0.5, 0.6) is 0 Å². The first-order valence-electron chi connectivity index (χ1n) is 6.45. The third-order valence-electron chi connectivity index (χ3n) is 3.02. The molecule has 0 saturated heterocycles. The molecule has 1 aromatic carbocycles. The molecule has 0 radical (unpaired) electrons. The Morgan fingerprint density at radius 3 is 2.86 bits per heavy atom. The molecule has 1 heterocycles. The van der Waals surface area contributed by atoms with Crippen LogP contribution in [0.2, 0.25) is 5.02 Å². The first kappa shape index (κ1) is 15.3. The number of halogens is 1. The van der Waals surface area contributed by atoms with Crippen molar-refractivity contribution in [3.8, 4) is 0 Å². The fourth-order valence-corrected chi connectivity index (χ4v) is 2.35. The Morgan fingerprint density at radius 1 is 1.33 bits per heavy atom. The minimum absolute atomic E-state index is 0.0155. The summed E-state index contributed by atoms with van der Waals surface area (Å²) < 4.78 is 0. The number of amidine groups is 1. The number of nitrogens with zero attached hydrogens (tertiary/aromatic N) is 3. The quantitative estimate of drug-likeness (QED) is 0.385. The van der Waals surface area contributed by atoms with Crippen molar-refractivity contribution in [3.05, 3.63) is 64.4 Å². The van der Waals surface area contributed by atoms with E-state index in [4.69, 9.17) is 22.5 Å². The van der Waals surface area contributed by atoms with Crippen LogP contribution in [0, 0.1) is 0 Å². The highest BCUT2D eigenvalue weighted by atomic mass is 35.5. The largest absolute Gasteiger partial charge is 0.409 e. The maximum atomic E-state index is 8.81. The van der Waals surface area contributed by atoms with E-state index in [0.29, 0.717) is 12.2 Å². The van der Waals surface area contributed by atoms with E-state index in [9.17, 15) is 0 Å². The van der Waals surface area contributed by atoms with E-state index < -0.39 is 0 Å². The molecule has 0 spiro atoms. The van der Waals surface area contributed by atoms with Crippen molar-refractivity contribution < 1.29 is 5.21 Å². The summed E-state index contributed by atoms with van der Waals surface area (Å²) in [5.74, 6) is 0.0155. The lowest BCUT2D eigenvalue weighted by Crippen LogP contribution is -2.22. The lowest BCUT2D eigenvalue weighted by Gasteiger charge is -2.18. The predicted octanol–water partition coefficient (Wildman–Crippen LogP) is 2.46. The summed E-state index contributed by atoms with van der Waals surface area (Å²) in [6.07, 6.45) is 1.62. The lowest BCUT2D eigenvalue weighted by molar-refractivity contribution is 0.314. The molecule has 21 heavy (non-hydrogen) atoms. The van der Waals surface area contributed by atoms with E-state index in [1.54, 1.807) is 6.20 Å². The second-order valence-corrected chi connectivity index (χ2v) is 5.24. The highest BCUT2D eigenvalue weighted by Gasteiger charge is 2.10. The maximum absolute atomic E-state index is 8.81. The van der Waals surface area contributed by atoms with Gasteiger partial charge in [0.25, 0.3) is 0 Å². The molecule has 0 unspecified atom stereocenters. The zero-order valence-electron chi connectivity index (χ0n) is 11.7. The van der Waals surface area contributed by atoms with Crippen LogP contribution in [-0.2, 0) is 13.1 Å². The van der Waals surface area contributed by atoms with Gasteiger partial charge in [-0.25, -0.2) is 0 Å². The second-order valence-electron chi connectivity index (χ2n) is 4.80. The van der Waals surface area contributed by atoms with Crippen molar-refractivity contribution in [1.82, 2.24) is 9.88 Å². The van der Waals surface area contributed by atoms with Gasteiger partial charge < -0.3 is 10.9 Å². The third kappa shape index (κ3) is 4.18. The predicted molar refractivity (Wildman–Crippen MR) is 83.4 cm³/mol. The number of aromatic nitrogens is 1. The summed E-state index contributed by atoms with van der Waals surface area (Å²) in [6, 6.07) is 11.5. The average molecular weight is 305 g/mol. The standard InChI is InChI=1S/C15H17ClN4O/c1-20(9-11-4-2-6-13(16)8-11)10-12-5-3-7-18-14(12)15(17)19-21/h2-8,21H,9-10H2,1H3,(H2,17,19). The SMILES string of the molecule is CN(Cc1cccc(Cl)c1)Cc1cccnc1C(N)=NO. The van der Waals surface area contributed by atoms with Gasteiger partial charge >= 0.3 is 0 Å². The van der Waals surface area contributed by atoms with Gasteiger partial charge in [0.2, 0.25) is 0 Å². The van der Waals surface area contributed by atoms with E-state index >= 15 is 0 Å². The lowest BCUT2D eigenvalue weighted by atomic mass is 10.1. The van der Waals surface area contributed by atoms with Gasteiger partial charge in [0.15, 0.2) is 5.84 Å². The van der Waals surface area contributed by atoms with Crippen molar-refractivity contribution in [1.29, 1.82) is 0 Å². The van der Waals surface area contributed by atoms with Gasteiger partial charge in [-0.2, -0.15) is 0 Å². The Hall–Kier alpha value is -2.11. The van der Waals surface area contributed by atoms with Crippen LogP contribution in [0.15, 0.2) is 47.8 Å². The molecule has 0 saturated carbocycles. The molecule has 6 heteroatoms. The minimum Gasteiger partial charge on any atom is -0.409 e. The Bertz CT molecular complexity index is 645. The van der Waals surface area contributed by atoms with E-state index in [1.165, 1.54) is 0 Å². The molecule has 2 rings (SSSR count). The molecule has 110 valence electrons. The Morgan fingerprint density at radius 2 is 2.14 bits per heavy atom. The summed E-state index contributed by atoms with van der Waals surface area (Å²) in [7, 11) is 1.99. The molecule has 5 nitrogen and oxygen atoms in total. The van der Waals surface area contributed by atoms with E-state index in [-0.39, 0.29) is 5.84 Å². The van der Waals surface area contributed by atoms with Gasteiger partial charge in [0.05, 0.1) is 0 Å². The van der Waals surface area contributed by atoms with Crippen molar-refractivity contribution in [2.24, 2.45) is 10.9 Å².